The van der Waals surface area contributed by atoms with E-state index in [1.54, 1.807) is 0 Å². The number of hydrogen-bond donors (Lipinski definition) is 1. The lowest BCUT2D eigenvalue weighted by Gasteiger charge is -2.38. The second-order valence-electron chi connectivity index (χ2n) is 7.11. The number of nitrogens with one attached hydrogen (secondary N) is 1. The molecule has 0 aliphatic heterocycles. The zero-order valence-corrected chi connectivity index (χ0v) is 14.0. The number of hydrogen-bond acceptors (Lipinski definition) is 2. The van der Waals surface area contributed by atoms with Crippen molar-refractivity contribution in [3.63, 3.8) is 0 Å². The van der Waals surface area contributed by atoms with E-state index in [0.29, 0.717) is 0 Å². The third-order valence-electron chi connectivity index (χ3n) is 5.18. The van der Waals surface area contributed by atoms with Crippen molar-refractivity contribution in [2.24, 2.45) is 23.7 Å². The molecule has 1 aliphatic rings. The first-order valence-electron chi connectivity index (χ1n) is 8.80. The van der Waals surface area contributed by atoms with Gasteiger partial charge >= 0.3 is 0 Å². The maximum absolute atomic E-state index is 4.29. The molecule has 1 N–H and O–H groups in total. The highest BCUT2D eigenvalue weighted by molar-refractivity contribution is 5.10. The predicted molar refractivity (Wildman–Crippen MR) is 90.3 cm³/mol. The first-order valence-corrected chi connectivity index (χ1v) is 8.80. The summed E-state index contributed by atoms with van der Waals surface area (Å²) in [6, 6.07) is 4.31. The molecule has 118 valence electrons. The molecule has 0 radical (unpaired) electrons. The first kappa shape index (κ1) is 16.5. The lowest BCUT2D eigenvalue weighted by molar-refractivity contribution is 0.144. The molecule has 1 aromatic rings. The minimum Gasteiger partial charge on any atom is -0.316 e. The summed E-state index contributed by atoms with van der Waals surface area (Å²) < 4.78 is 0. The predicted octanol–water partition coefficient (Wildman–Crippen LogP) is 4.31. The summed E-state index contributed by atoms with van der Waals surface area (Å²) in [5.74, 6) is 3.39. The van der Waals surface area contributed by atoms with Crippen LogP contribution in [0.5, 0.6) is 0 Å². The number of pyridine rings is 1. The average molecular weight is 288 g/mol. The largest absolute Gasteiger partial charge is 0.316 e. The van der Waals surface area contributed by atoms with E-state index in [9.17, 15) is 0 Å². The van der Waals surface area contributed by atoms with E-state index >= 15 is 0 Å². The summed E-state index contributed by atoms with van der Waals surface area (Å²) in [6.07, 6.45) is 10.6. The Labute approximate surface area is 130 Å². The van der Waals surface area contributed by atoms with Gasteiger partial charge in [0.25, 0.3) is 0 Å². The topological polar surface area (TPSA) is 24.9 Å². The molecule has 0 amide bonds. The van der Waals surface area contributed by atoms with Gasteiger partial charge in [-0.05, 0) is 80.5 Å². The third-order valence-corrected chi connectivity index (χ3v) is 5.18. The SMILES string of the molecule is CCCNCC1CCC(C(C)C)CC1Cc1cccnc1. The average Bonchev–Trinajstić information content (AvgIpc) is 2.50. The Balaban J connectivity index is 1.97. The molecule has 0 spiro atoms. The van der Waals surface area contributed by atoms with E-state index in [0.717, 1.165) is 30.2 Å². The van der Waals surface area contributed by atoms with Crippen molar-refractivity contribution < 1.29 is 0 Å². The van der Waals surface area contributed by atoms with Crippen molar-refractivity contribution in [2.45, 2.75) is 52.9 Å². The summed E-state index contributed by atoms with van der Waals surface area (Å²) in [6.45, 7) is 9.38. The van der Waals surface area contributed by atoms with Crippen LogP contribution in [0, 0.1) is 23.7 Å². The van der Waals surface area contributed by atoms with E-state index < -0.39 is 0 Å². The van der Waals surface area contributed by atoms with Crippen molar-refractivity contribution in [3.05, 3.63) is 30.1 Å². The van der Waals surface area contributed by atoms with Crippen molar-refractivity contribution >= 4 is 0 Å². The third kappa shape index (κ3) is 5.10. The Morgan fingerprint density at radius 3 is 2.81 bits per heavy atom. The quantitative estimate of drug-likeness (QED) is 0.756. The lowest BCUT2D eigenvalue weighted by atomic mass is 9.69. The van der Waals surface area contributed by atoms with E-state index in [-0.39, 0.29) is 0 Å². The zero-order chi connectivity index (χ0) is 15.1. The lowest BCUT2D eigenvalue weighted by Crippen LogP contribution is -2.35. The summed E-state index contributed by atoms with van der Waals surface area (Å²) in [5.41, 5.74) is 1.41. The molecular formula is C19H32N2. The van der Waals surface area contributed by atoms with E-state index in [1.165, 1.54) is 44.2 Å². The highest BCUT2D eigenvalue weighted by Gasteiger charge is 2.31. The van der Waals surface area contributed by atoms with Crippen molar-refractivity contribution in [2.75, 3.05) is 13.1 Å². The monoisotopic (exact) mass is 288 g/mol. The molecule has 3 atom stereocenters. The molecule has 1 saturated carbocycles. The molecule has 1 aliphatic carbocycles. The van der Waals surface area contributed by atoms with Crippen LogP contribution in [-0.4, -0.2) is 18.1 Å². The maximum Gasteiger partial charge on any atom is 0.0299 e. The van der Waals surface area contributed by atoms with Gasteiger partial charge < -0.3 is 5.32 Å². The minimum absolute atomic E-state index is 0.819. The van der Waals surface area contributed by atoms with Crippen LogP contribution >= 0.6 is 0 Å². The molecule has 2 rings (SSSR count). The molecule has 0 saturated heterocycles. The number of aromatic nitrogens is 1. The van der Waals surface area contributed by atoms with Gasteiger partial charge in [0.05, 0.1) is 0 Å². The van der Waals surface area contributed by atoms with Crippen LogP contribution in [0.2, 0.25) is 0 Å². The van der Waals surface area contributed by atoms with Gasteiger partial charge in [0.15, 0.2) is 0 Å². The van der Waals surface area contributed by atoms with Crippen LogP contribution < -0.4 is 5.32 Å². The van der Waals surface area contributed by atoms with Gasteiger partial charge in [-0.15, -0.1) is 0 Å². The van der Waals surface area contributed by atoms with Crippen LogP contribution in [0.3, 0.4) is 0 Å². The van der Waals surface area contributed by atoms with Crippen molar-refractivity contribution in [1.29, 1.82) is 0 Å². The van der Waals surface area contributed by atoms with Gasteiger partial charge in [0, 0.05) is 12.4 Å². The van der Waals surface area contributed by atoms with Crippen LogP contribution in [0.4, 0.5) is 0 Å². The van der Waals surface area contributed by atoms with Gasteiger partial charge in [0.2, 0.25) is 0 Å². The molecule has 2 nitrogen and oxygen atoms in total. The fourth-order valence-electron chi connectivity index (χ4n) is 3.77. The molecule has 1 heterocycles. The molecule has 0 aromatic carbocycles. The highest BCUT2D eigenvalue weighted by atomic mass is 14.9. The molecule has 0 bridgehead atoms. The van der Waals surface area contributed by atoms with Gasteiger partial charge in [-0.3, -0.25) is 4.98 Å². The summed E-state index contributed by atoms with van der Waals surface area (Å²) in [7, 11) is 0. The Hall–Kier alpha value is -0.890. The Morgan fingerprint density at radius 1 is 1.29 bits per heavy atom. The van der Waals surface area contributed by atoms with Crippen LogP contribution in [-0.2, 0) is 6.42 Å². The molecule has 21 heavy (non-hydrogen) atoms. The fraction of sp³-hybridized carbons (Fsp3) is 0.737. The van der Waals surface area contributed by atoms with E-state index in [4.69, 9.17) is 0 Å². The second kappa shape index (κ2) is 8.53. The molecule has 3 unspecified atom stereocenters. The number of rotatable bonds is 7. The Bertz CT molecular complexity index is 388. The summed E-state index contributed by atoms with van der Waals surface area (Å²) in [4.78, 5) is 4.29. The fourth-order valence-corrected chi connectivity index (χ4v) is 3.77. The van der Waals surface area contributed by atoms with Crippen LogP contribution in [0.25, 0.3) is 0 Å². The molecule has 1 aromatic heterocycles. The maximum atomic E-state index is 4.29. The van der Waals surface area contributed by atoms with Crippen molar-refractivity contribution in [1.82, 2.24) is 10.3 Å². The Kier molecular flexibility index (Phi) is 6.69. The van der Waals surface area contributed by atoms with Crippen molar-refractivity contribution in [3.8, 4) is 0 Å². The summed E-state index contributed by atoms with van der Waals surface area (Å²) in [5, 5.41) is 3.65. The summed E-state index contributed by atoms with van der Waals surface area (Å²) >= 11 is 0. The zero-order valence-electron chi connectivity index (χ0n) is 14.0. The molecule has 1 fully saturated rings. The van der Waals surface area contributed by atoms with Crippen LogP contribution in [0.15, 0.2) is 24.5 Å². The van der Waals surface area contributed by atoms with Gasteiger partial charge in [0.1, 0.15) is 0 Å². The second-order valence-corrected chi connectivity index (χ2v) is 7.11. The van der Waals surface area contributed by atoms with E-state index in [2.05, 4.69) is 49.4 Å². The van der Waals surface area contributed by atoms with Gasteiger partial charge in [-0.1, -0.05) is 26.8 Å². The molecular weight excluding hydrogens is 256 g/mol. The van der Waals surface area contributed by atoms with Gasteiger partial charge in [-0.2, -0.15) is 0 Å². The smallest absolute Gasteiger partial charge is 0.0299 e. The van der Waals surface area contributed by atoms with Gasteiger partial charge in [-0.25, -0.2) is 0 Å². The highest BCUT2D eigenvalue weighted by Crippen LogP contribution is 2.38. The standard InChI is InChI=1S/C19H32N2/c1-4-9-20-14-18-8-7-17(15(2)3)12-19(18)11-16-6-5-10-21-13-16/h5-6,10,13,15,17-20H,4,7-9,11-12,14H2,1-3H3. The Morgan fingerprint density at radius 2 is 2.14 bits per heavy atom. The first-order chi connectivity index (χ1) is 10.2. The minimum atomic E-state index is 0.819. The normalized spacial score (nSPS) is 26.2. The number of nitrogens with zero attached hydrogens (tertiary/aromatic N) is 1. The molecule has 2 heteroatoms. The van der Waals surface area contributed by atoms with Crippen LogP contribution in [0.1, 0.15) is 52.0 Å². The van der Waals surface area contributed by atoms with E-state index in [1.807, 2.05) is 6.20 Å².